The molecule has 0 saturated heterocycles. The Morgan fingerprint density at radius 1 is 1.15 bits per heavy atom. The monoisotopic (exact) mass is 271 g/mol. The van der Waals surface area contributed by atoms with Gasteiger partial charge in [-0.25, -0.2) is 0 Å². The molecule has 4 nitrogen and oxygen atoms in total. The third-order valence-electron chi connectivity index (χ3n) is 3.15. The summed E-state index contributed by atoms with van der Waals surface area (Å²) in [5.74, 6) is 1.32. The second-order valence-corrected chi connectivity index (χ2v) is 4.48. The maximum absolute atomic E-state index is 12.3. The number of benzene rings is 1. The third-order valence-corrected chi connectivity index (χ3v) is 3.15. The average molecular weight is 271 g/mol. The van der Waals surface area contributed by atoms with Gasteiger partial charge in [-0.2, -0.15) is 0 Å². The van der Waals surface area contributed by atoms with Crippen LogP contribution < -0.4 is 9.47 Å². The molecule has 0 aliphatic rings. The number of rotatable bonds is 5. The number of hydrogen-bond donors (Lipinski definition) is 0. The van der Waals surface area contributed by atoms with Gasteiger partial charge in [0.15, 0.2) is 17.3 Å². The lowest BCUT2D eigenvalue weighted by Crippen LogP contribution is -2.06. The third kappa shape index (κ3) is 2.96. The maximum atomic E-state index is 12.3. The lowest BCUT2D eigenvalue weighted by molar-refractivity contribution is 0.0992. The number of ketones is 1. The molecule has 1 heterocycles. The fourth-order valence-electron chi connectivity index (χ4n) is 2.03. The van der Waals surface area contributed by atoms with Crippen molar-refractivity contribution in [1.82, 2.24) is 4.98 Å². The van der Waals surface area contributed by atoms with Gasteiger partial charge >= 0.3 is 0 Å². The molecular formula is C16H17NO3. The van der Waals surface area contributed by atoms with Gasteiger partial charge in [-0.15, -0.1) is 0 Å². The van der Waals surface area contributed by atoms with Crippen LogP contribution >= 0.6 is 0 Å². The number of aromatic nitrogens is 1. The zero-order valence-electron chi connectivity index (χ0n) is 11.8. The van der Waals surface area contributed by atoms with Gasteiger partial charge in [-0.05, 0) is 36.2 Å². The molecule has 20 heavy (non-hydrogen) atoms. The van der Waals surface area contributed by atoms with E-state index in [-0.39, 0.29) is 5.78 Å². The number of pyridine rings is 1. The number of hydrogen-bond acceptors (Lipinski definition) is 4. The summed E-state index contributed by atoms with van der Waals surface area (Å²) in [7, 11) is 3.16. The van der Waals surface area contributed by atoms with Crippen LogP contribution in [0, 0.1) is 6.92 Å². The highest BCUT2D eigenvalue weighted by atomic mass is 16.5. The minimum Gasteiger partial charge on any atom is -0.493 e. The first-order valence-electron chi connectivity index (χ1n) is 6.30. The van der Waals surface area contributed by atoms with Gasteiger partial charge in [0, 0.05) is 24.4 Å². The average Bonchev–Trinajstić information content (AvgIpc) is 2.47. The van der Waals surface area contributed by atoms with Gasteiger partial charge in [0.05, 0.1) is 14.2 Å². The molecule has 4 heteroatoms. The SMILES string of the molecule is COc1ccc(CC(=O)c2cnccc2C)cc1OC. The fourth-order valence-corrected chi connectivity index (χ4v) is 2.03. The van der Waals surface area contributed by atoms with Crippen LogP contribution in [0.1, 0.15) is 21.5 Å². The van der Waals surface area contributed by atoms with Crippen molar-refractivity contribution in [3.8, 4) is 11.5 Å². The Morgan fingerprint density at radius 2 is 1.90 bits per heavy atom. The zero-order chi connectivity index (χ0) is 14.5. The molecule has 0 unspecified atom stereocenters. The second-order valence-electron chi connectivity index (χ2n) is 4.48. The van der Waals surface area contributed by atoms with E-state index >= 15 is 0 Å². The molecule has 0 radical (unpaired) electrons. The Hall–Kier alpha value is -2.36. The van der Waals surface area contributed by atoms with Crippen LogP contribution in [0.4, 0.5) is 0 Å². The number of Topliss-reactive ketones (excluding diaryl/α,β-unsaturated/α-hetero) is 1. The van der Waals surface area contributed by atoms with Crippen molar-refractivity contribution >= 4 is 5.78 Å². The first kappa shape index (κ1) is 14.1. The van der Waals surface area contributed by atoms with E-state index < -0.39 is 0 Å². The molecule has 1 aromatic carbocycles. The van der Waals surface area contributed by atoms with Crippen LogP contribution in [0.25, 0.3) is 0 Å². The molecule has 0 atom stereocenters. The van der Waals surface area contributed by atoms with E-state index in [1.54, 1.807) is 32.7 Å². The molecule has 2 rings (SSSR count). The number of carbonyl (C=O) groups is 1. The van der Waals surface area contributed by atoms with Crippen LogP contribution in [-0.2, 0) is 6.42 Å². The normalized spacial score (nSPS) is 10.2. The molecular weight excluding hydrogens is 254 g/mol. The van der Waals surface area contributed by atoms with Crippen LogP contribution in [0.2, 0.25) is 0 Å². The lowest BCUT2D eigenvalue weighted by Gasteiger charge is -2.09. The van der Waals surface area contributed by atoms with Crippen molar-refractivity contribution < 1.29 is 14.3 Å². The second kappa shape index (κ2) is 6.19. The van der Waals surface area contributed by atoms with E-state index in [9.17, 15) is 4.79 Å². The van der Waals surface area contributed by atoms with E-state index in [2.05, 4.69) is 4.98 Å². The molecule has 104 valence electrons. The summed E-state index contributed by atoms with van der Waals surface area (Å²) in [6, 6.07) is 7.33. The summed E-state index contributed by atoms with van der Waals surface area (Å²) in [5, 5.41) is 0. The molecule has 0 bridgehead atoms. The molecule has 0 fully saturated rings. The van der Waals surface area contributed by atoms with Gasteiger partial charge in [0.25, 0.3) is 0 Å². The molecule has 0 aliphatic carbocycles. The van der Waals surface area contributed by atoms with Crippen LogP contribution in [-0.4, -0.2) is 25.0 Å². The molecule has 0 aliphatic heterocycles. The predicted octanol–water partition coefficient (Wildman–Crippen LogP) is 2.83. The van der Waals surface area contributed by atoms with Gasteiger partial charge < -0.3 is 9.47 Å². The molecule has 0 spiro atoms. The molecule has 0 amide bonds. The van der Waals surface area contributed by atoms with Gasteiger partial charge in [-0.1, -0.05) is 6.07 Å². The van der Waals surface area contributed by atoms with Crippen molar-refractivity contribution in [3.05, 3.63) is 53.3 Å². The summed E-state index contributed by atoms with van der Waals surface area (Å²) in [6.45, 7) is 1.91. The van der Waals surface area contributed by atoms with E-state index in [0.717, 1.165) is 11.1 Å². The molecule has 1 aromatic heterocycles. The van der Waals surface area contributed by atoms with Crippen molar-refractivity contribution in [2.75, 3.05) is 14.2 Å². The minimum atomic E-state index is 0.0443. The molecule has 2 aromatic rings. The van der Waals surface area contributed by atoms with Gasteiger partial charge in [0.1, 0.15) is 0 Å². The van der Waals surface area contributed by atoms with Crippen LogP contribution in [0.3, 0.4) is 0 Å². The van der Waals surface area contributed by atoms with Crippen molar-refractivity contribution in [3.63, 3.8) is 0 Å². The van der Waals surface area contributed by atoms with Crippen LogP contribution in [0.15, 0.2) is 36.7 Å². The highest BCUT2D eigenvalue weighted by Gasteiger charge is 2.12. The summed E-state index contributed by atoms with van der Waals surface area (Å²) >= 11 is 0. The van der Waals surface area contributed by atoms with Gasteiger partial charge in [0.2, 0.25) is 0 Å². The Morgan fingerprint density at radius 3 is 2.55 bits per heavy atom. The van der Waals surface area contributed by atoms with Crippen molar-refractivity contribution in [2.24, 2.45) is 0 Å². The summed E-state index contributed by atoms with van der Waals surface area (Å²) in [6.07, 6.45) is 3.60. The van der Waals surface area contributed by atoms with E-state index in [0.29, 0.717) is 23.5 Å². The highest BCUT2D eigenvalue weighted by Crippen LogP contribution is 2.28. The van der Waals surface area contributed by atoms with Crippen molar-refractivity contribution in [2.45, 2.75) is 13.3 Å². The van der Waals surface area contributed by atoms with Gasteiger partial charge in [-0.3, -0.25) is 9.78 Å². The van der Waals surface area contributed by atoms with Crippen LogP contribution in [0.5, 0.6) is 11.5 Å². The smallest absolute Gasteiger partial charge is 0.169 e. The standard InChI is InChI=1S/C16H17NO3/c1-11-6-7-17-10-13(11)14(18)8-12-4-5-15(19-2)16(9-12)20-3/h4-7,9-10H,8H2,1-3H3. The predicted molar refractivity (Wildman–Crippen MR) is 76.6 cm³/mol. The molecule has 0 saturated carbocycles. The Bertz CT molecular complexity index is 623. The lowest BCUT2D eigenvalue weighted by atomic mass is 10.0. The largest absolute Gasteiger partial charge is 0.493 e. The Kier molecular flexibility index (Phi) is 4.35. The topological polar surface area (TPSA) is 48.4 Å². The summed E-state index contributed by atoms with van der Waals surface area (Å²) < 4.78 is 10.4. The first-order valence-corrected chi connectivity index (χ1v) is 6.30. The van der Waals surface area contributed by atoms with E-state index in [4.69, 9.17) is 9.47 Å². The zero-order valence-corrected chi connectivity index (χ0v) is 11.8. The maximum Gasteiger partial charge on any atom is 0.169 e. The summed E-state index contributed by atoms with van der Waals surface area (Å²) in [5.41, 5.74) is 2.48. The number of methoxy groups -OCH3 is 2. The number of carbonyl (C=O) groups excluding carboxylic acids is 1. The fraction of sp³-hybridized carbons (Fsp3) is 0.250. The first-order chi connectivity index (χ1) is 9.65. The Balaban J connectivity index is 2.22. The minimum absolute atomic E-state index is 0.0443. The summed E-state index contributed by atoms with van der Waals surface area (Å²) in [4.78, 5) is 16.3. The number of ether oxygens (including phenoxy) is 2. The number of aryl methyl sites for hydroxylation is 1. The van der Waals surface area contributed by atoms with Crippen molar-refractivity contribution in [1.29, 1.82) is 0 Å². The number of nitrogens with zero attached hydrogens (tertiary/aromatic N) is 1. The van der Waals surface area contributed by atoms with E-state index in [1.807, 2.05) is 25.1 Å². The highest BCUT2D eigenvalue weighted by molar-refractivity contribution is 5.98. The quantitative estimate of drug-likeness (QED) is 0.785. The van der Waals surface area contributed by atoms with E-state index in [1.165, 1.54) is 0 Å². The Labute approximate surface area is 118 Å². The molecule has 0 N–H and O–H groups in total.